The topological polar surface area (TPSA) is 77.5 Å². The molecular weight excluding hydrogens is 372 g/mol. The number of anilines is 1. The van der Waals surface area contributed by atoms with Gasteiger partial charge in [-0.1, -0.05) is 12.1 Å². The first kappa shape index (κ1) is 16.9. The molecule has 1 aliphatic rings. The normalized spacial score (nSPS) is 13.4. The van der Waals surface area contributed by atoms with Gasteiger partial charge in [-0.15, -0.1) is 11.3 Å². The Hall–Kier alpha value is -2.58. The molecule has 134 valence electrons. The lowest BCUT2D eigenvalue weighted by molar-refractivity contribution is 0.171. The van der Waals surface area contributed by atoms with E-state index in [0.29, 0.717) is 30.4 Å². The van der Waals surface area contributed by atoms with Gasteiger partial charge in [0, 0.05) is 22.7 Å². The van der Waals surface area contributed by atoms with E-state index in [9.17, 15) is 8.42 Å². The molecule has 2 heterocycles. The molecule has 0 amide bonds. The predicted octanol–water partition coefficient (Wildman–Crippen LogP) is 3.69. The molecule has 2 aromatic carbocycles. The van der Waals surface area contributed by atoms with E-state index >= 15 is 0 Å². The Morgan fingerprint density at radius 2 is 1.77 bits per heavy atom. The molecule has 8 heteroatoms. The Labute approximate surface area is 155 Å². The van der Waals surface area contributed by atoms with Gasteiger partial charge in [0.15, 0.2) is 11.5 Å². The largest absolute Gasteiger partial charge is 0.486 e. The Balaban J connectivity index is 1.56. The number of ether oxygens (including phenoxy) is 2. The summed E-state index contributed by atoms with van der Waals surface area (Å²) in [5.41, 5.74) is 2.31. The summed E-state index contributed by atoms with van der Waals surface area (Å²) in [7, 11) is -3.72. The van der Waals surface area contributed by atoms with E-state index in [1.54, 1.807) is 29.5 Å². The molecule has 1 aliphatic heterocycles. The number of aryl methyl sites for hydroxylation is 1. The summed E-state index contributed by atoms with van der Waals surface area (Å²) in [4.78, 5) is 4.55. The second kappa shape index (κ2) is 6.62. The lowest BCUT2D eigenvalue weighted by Gasteiger charge is -2.19. The molecule has 0 atom stereocenters. The van der Waals surface area contributed by atoms with Gasteiger partial charge in [-0.05, 0) is 31.2 Å². The Morgan fingerprint density at radius 1 is 1.04 bits per heavy atom. The Kier molecular flexibility index (Phi) is 4.29. The number of benzene rings is 2. The zero-order valence-electron chi connectivity index (χ0n) is 13.9. The van der Waals surface area contributed by atoms with Crippen LogP contribution in [-0.2, 0) is 10.0 Å². The highest BCUT2D eigenvalue weighted by molar-refractivity contribution is 7.92. The van der Waals surface area contributed by atoms with Crippen LogP contribution in [0.4, 0.5) is 5.69 Å². The lowest BCUT2D eigenvalue weighted by atomic mass is 10.1. The molecular formula is C18H16N2O4S2. The van der Waals surface area contributed by atoms with Gasteiger partial charge in [0.25, 0.3) is 10.0 Å². The quantitative estimate of drug-likeness (QED) is 0.738. The minimum Gasteiger partial charge on any atom is -0.486 e. The molecule has 0 radical (unpaired) electrons. The molecule has 0 saturated carbocycles. The van der Waals surface area contributed by atoms with E-state index in [0.717, 1.165) is 16.3 Å². The fourth-order valence-electron chi connectivity index (χ4n) is 2.61. The minimum atomic E-state index is -3.72. The van der Waals surface area contributed by atoms with Crippen LogP contribution in [0.1, 0.15) is 5.01 Å². The Morgan fingerprint density at radius 3 is 2.46 bits per heavy atom. The van der Waals surface area contributed by atoms with Gasteiger partial charge in [-0.25, -0.2) is 13.4 Å². The second-order valence-electron chi connectivity index (χ2n) is 5.74. The Bertz CT molecular complexity index is 1040. The molecule has 1 N–H and O–H groups in total. The average Bonchev–Trinajstić information content (AvgIpc) is 3.08. The molecule has 1 aromatic heterocycles. The van der Waals surface area contributed by atoms with Gasteiger partial charge in [0.1, 0.15) is 13.2 Å². The van der Waals surface area contributed by atoms with Crippen molar-refractivity contribution < 1.29 is 17.9 Å². The van der Waals surface area contributed by atoms with E-state index in [1.165, 1.54) is 12.1 Å². The molecule has 26 heavy (non-hydrogen) atoms. The number of nitrogens with one attached hydrogen (secondary N) is 1. The third-order valence-electron chi connectivity index (χ3n) is 3.88. The van der Waals surface area contributed by atoms with E-state index in [-0.39, 0.29) is 4.90 Å². The van der Waals surface area contributed by atoms with Crippen LogP contribution in [0.25, 0.3) is 11.3 Å². The maximum absolute atomic E-state index is 12.6. The maximum Gasteiger partial charge on any atom is 0.262 e. The standard InChI is InChI=1S/C18H16N2O4S2/c1-12-19-16(11-25-12)13-2-4-14(5-3-13)20-26(21,22)15-6-7-17-18(10-15)24-9-8-23-17/h2-7,10-11,20H,8-9H2,1H3. The number of hydrogen-bond acceptors (Lipinski definition) is 6. The van der Waals surface area contributed by atoms with Crippen LogP contribution in [-0.4, -0.2) is 26.6 Å². The van der Waals surface area contributed by atoms with Crippen LogP contribution in [0.15, 0.2) is 52.7 Å². The number of sulfonamides is 1. The smallest absolute Gasteiger partial charge is 0.262 e. The predicted molar refractivity (Wildman–Crippen MR) is 101 cm³/mol. The highest BCUT2D eigenvalue weighted by Crippen LogP contribution is 2.33. The van der Waals surface area contributed by atoms with E-state index in [2.05, 4.69) is 9.71 Å². The van der Waals surface area contributed by atoms with Crippen molar-refractivity contribution in [1.29, 1.82) is 0 Å². The van der Waals surface area contributed by atoms with Crippen molar-refractivity contribution in [2.75, 3.05) is 17.9 Å². The molecule has 4 rings (SSSR count). The first-order chi connectivity index (χ1) is 12.5. The van der Waals surface area contributed by atoms with Crippen LogP contribution in [0.5, 0.6) is 11.5 Å². The van der Waals surface area contributed by atoms with Crippen molar-refractivity contribution in [3.05, 3.63) is 52.9 Å². The van der Waals surface area contributed by atoms with Crippen molar-refractivity contribution in [1.82, 2.24) is 4.98 Å². The summed E-state index contributed by atoms with van der Waals surface area (Å²) in [6.45, 7) is 2.81. The highest BCUT2D eigenvalue weighted by Gasteiger charge is 2.19. The zero-order valence-corrected chi connectivity index (χ0v) is 15.6. The van der Waals surface area contributed by atoms with Crippen molar-refractivity contribution in [2.24, 2.45) is 0 Å². The molecule has 0 spiro atoms. The molecule has 0 unspecified atom stereocenters. The zero-order chi connectivity index (χ0) is 18.1. The van der Waals surface area contributed by atoms with Crippen molar-refractivity contribution >= 4 is 27.0 Å². The first-order valence-corrected chi connectivity index (χ1v) is 10.3. The molecule has 0 aliphatic carbocycles. The number of hydrogen-bond donors (Lipinski definition) is 1. The number of rotatable bonds is 4. The maximum atomic E-state index is 12.6. The van der Waals surface area contributed by atoms with Crippen LogP contribution in [0, 0.1) is 6.92 Å². The number of fused-ring (bicyclic) bond motifs is 1. The number of nitrogens with zero attached hydrogens (tertiary/aromatic N) is 1. The van der Waals surface area contributed by atoms with Gasteiger partial charge in [0.05, 0.1) is 15.6 Å². The minimum absolute atomic E-state index is 0.126. The molecule has 6 nitrogen and oxygen atoms in total. The van der Waals surface area contributed by atoms with Gasteiger partial charge in [0.2, 0.25) is 0 Å². The molecule has 3 aromatic rings. The van der Waals surface area contributed by atoms with Gasteiger partial charge in [-0.2, -0.15) is 0 Å². The fraction of sp³-hybridized carbons (Fsp3) is 0.167. The summed E-state index contributed by atoms with van der Waals surface area (Å²) >= 11 is 1.58. The monoisotopic (exact) mass is 388 g/mol. The fourth-order valence-corrected chi connectivity index (χ4v) is 4.31. The molecule has 0 fully saturated rings. The molecule has 0 bridgehead atoms. The van der Waals surface area contributed by atoms with E-state index in [4.69, 9.17) is 9.47 Å². The molecule has 0 saturated heterocycles. The van der Waals surface area contributed by atoms with Gasteiger partial charge in [-0.3, -0.25) is 4.72 Å². The van der Waals surface area contributed by atoms with Crippen LogP contribution in [0.2, 0.25) is 0 Å². The van der Waals surface area contributed by atoms with Crippen molar-refractivity contribution in [3.8, 4) is 22.8 Å². The average molecular weight is 388 g/mol. The van der Waals surface area contributed by atoms with E-state index in [1.807, 2.05) is 24.4 Å². The van der Waals surface area contributed by atoms with Crippen molar-refractivity contribution in [2.45, 2.75) is 11.8 Å². The number of thiazole rings is 1. The van der Waals surface area contributed by atoms with E-state index < -0.39 is 10.0 Å². The first-order valence-electron chi connectivity index (χ1n) is 7.96. The van der Waals surface area contributed by atoms with Crippen LogP contribution >= 0.6 is 11.3 Å². The summed E-state index contributed by atoms with van der Waals surface area (Å²) in [5, 5.41) is 2.97. The second-order valence-corrected chi connectivity index (χ2v) is 8.48. The third kappa shape index (κ3) is 3.38. The summed E-state index contributed by atoms with van der Waals surface area (Å²) in [5.74, 6) is 0.992. The number of aromatic nitrogens is 1. The summed E-state index contributed by atoms with van der Waals surface area (Å²) in [6, 6.07) is 11.7. The summed E-state index contributed by atoms with van der Waals surface area (Å²) in [6.07, 6.45) is 0. The van der Waals surface area contributed by atoms with Gasteiger partial charge >= 0.3 is 0 Å². The van der Waals surface area contributed by atoms with Crippen LogP contribution in [0.3, 0.4) is 0 Å². The van der Waals surface area contributed by atoms with Gasteiger partial charge < -0.3 is 9.47 Å². The highest BCUT2D eigenvalue weighted by atomic mass is 32.2. The SMILES string of the molecule is Cc1nc(-c2ccc(NS(=O)(=O)c3ccc4c(c3)OCCO4)cc2)cs1. The lowest BCUT2D eigenvalue weighted by Crippen LogP contribution is -2.17. The third-order valence-corrected chi connectivity index (χ3v) is 6.03. The van der Waals surface area contributed by atoms with Crippen molar-refractivity contribution in [3.63, 3.8) is 0 Å². The van der Waals surface area contributed by atoms with Crippen LogP contribution < -0.4 is 14.2 Å². The summed E-state index contributed by atoms with van der Waals surface area (Å²) < 4.78 is 38.7.